The molecular weight excluding hydrogens is 503 g/mol. The number of benzene rings is 3. The molecule has 0 fully saturated rings. The number of tetrazole rings is 1. The van der Waals surface area contributed by atoms with E-state index in [9.17, 15) is 9.18 Å². The molecule has 0 radical (unpaired) electrons. The SMILES string of the molecule is CCC(C)(C)n1nnnc1[C@@H](c1cc2cc(C)cc(C)c2[nH]c1=O)N(Cc1ccccc1)Cc1ccc(F)cc1. The van der Waals surface area contributed by atoms with E-state index >= 15 is 0 Å². The first-order valence-corrected chi connectivity index (χ1v) is 13.6. The lowest BCUT2D eigenvalue weighted by Crippen LogP contribution is -2.38. The summed E-state index contributed by atoms with van der Waals surface area (Å²) in [6.45, 7) is 11.3. The highest BCUT2D eigenvalue weighted by Crippen LogP contribution is 2.33. The summed E-state index contributed by atoms with van der Waals surface area (Å²) < 4.78 is 15.7. The number of hydrogen-bond acceptors (Lipinski definition) is 5. The normalized spacial score (nSPS) is 12.8. The van der Waals surface area contributed by atoms with Gasteiger partial charge >= 0.3 is 0 Å². The maximum absolute atomic E-state index is 13.9. The number of nitrogens with zero attached hydrogens (tertiary/aromatic N) is 5. The number of H-pyrrole nitrogens is 1. The van der Waals surface area contributed by atoms with E-state index in [0.29, 0.717) is 24.5 Å². The van der Waals surface area contributed by atoms with Gasteiger partial charge in [0.1, 0.15) is 11.9 Å². The lowest BCUT2D eigenvalue weighted by Gasteiger charge is -2.33. The Labute approximate surface area is 233 Å². The first kappa shape index (κ1) is 27.4. The van der Waals surface area contributed by atoms with E-state index in [1.807, 2.05) is 35.9 Å². The van der Waals surface area contributed by atoms with E-state index in [1.165, 1.54) is 12.1 Å². The molecule has 1 atom stereocenters. The molecule has 0 aliphatic carbocycles. The maximum Gasteiger partial charge on any atom is 0.253 e. The second-order valence-corrected chi connectivity index (χ2v) is 11.1. The van der Waals surface area contributed by atoms with Crippen molar-refractivity contribution in [1.29, 1.82) is 0 Å². The predicted molar refractivity (Wildman–Crippen MR) is 155 cm³/mol. The molecule has 7 nitrogen and oxygen atoms in total. The van der Waals surface area contributed by atoms with Crippen LogP contribution in [0.3, 0.4) is 0 Å². The van der Waals surface area contributed by atoms with Crippen molar-refractivity contribution in [2.24, 2.45) is 0 Å². The van der Waals surface area contributed by atoms with Crippen molar-refractivity contribution in [3.8, 4) is 0 Å². The molecule has 0 amide bonds. The number of hydrogen-bond donors (Lipinski definition) is 1. The Kier molecular flexibility index (Phi) is 7.63. The number of aryl methyl sites for hydroxylation is 2. The Balaban J connectivity index is 1.75. The fourth-order valence-electron chi connectivity index (χ4n) is 5.23. The number of pyridine rings is 1. The van der Waals surface area contributed by atoms with Crippen molar-refractivity contribution in [3.05, 3.63) is 123 Å². The second-order valence-electron chi connectivity index (χ2n) is 11.1. The van der Waals surface area contributed by atoms with Crippen LogP contribution in [0, 0.1) is 19.7 Å². The zero-order valence-corrected chi connectivity index (χ0v) is 23.6. The summed E-state index contributed by atoms with van der Waals surface area (Å²) in [4.78, 5) is 19.2. The number of halogens is 1. The van der Waals surface area contributed by atoms with Gasteiger partial charge in [0.05, 0.1) is 11.1 Å². The Morgan fingerprint density at radius 1 is 0.975 bits per heavy atom. The highest BCUT2D eigenvalue weighted by atomic mass is 19.1. The topological polar surface area (TPSA) is 79.7 Å². The summed E-state index contributed by atoms with van der Waals surface area (Å²) in [5.74, 6) is 0.291. The van der Waals surface area contributed by atoms with E-state index in [0.717, 1.165) is 39.6 Å². The standard InChI is InChI=1S/C32H35FN6O/c1-6-32(4,5)39-30(35-36-37-39)29(27-18-25-17-21(2)16-22(3)28(25)34-31(27)40)38(19-23-10-8-7-9-11-23)20-24-12-14-26(33)15-13-24/h7-18,29H,6,19-20H2,1-5H3,(H,34,40)/t29-/m1/s1. The van der Waals surface area contributed by atoms with Crippen molar-refractivity contribution in [3.63, 3.8) is 0 Å². The van der Waals surface area contributed by atoms with E-state index < -0.39 is 6.04 Å². The minimum Gasteiger partial charge on any atom is -0.321 e. The summed E-state index contributed by atoms with van der Waals surface area (Å²) in [6.07, 6.45) is 0.793. The molecule has 206 valence electrons. The molecule has 0 bridgehead atoms. The fourth-order valence-corrected chi connectivity index (χ4v) is 5.23. The maximum atomic E-state index is 13.9. The average molecular weight is 539 g/mol. The first-order chi connectivity index (χ1) is 19.2. The molecular formula is C32H35FN6O. The van der Waals surface area contributed by atoms with Gasteiger partial charge < -0.3 is 4.98 Å². The monoisotopic (exact) mass is 538 g/mol. The number of rotatable bonds is 9. The molecule has 2 aromatic heterocycles. The highest BCUT2D eigenvalue weighted by Gasteiger charge is 2.34. The quantitative estimate of drug-likeness (QED) is 0.241. The van der Waals surface area contributed by atoms with Gasteiger partial charge in [0.15, 0.2) is 5.82 Å². The molecule has 2 heterocycles. The summed E-state index contributed by atoms with van der Waals surface area (Å²) in [5, 5.41) is 14.0. The third-order valence-corrected chi connectivity index (χ3v) is 7.69. The minimum atomic E-state index is -0.583. The van der Waals surface area contributed by atoms with Crippen molar-refractivity contribution in [1.82, 2.24) is 30.1 Å². The number of aromatic nitrogens is 5. The van der Waals surface area contributed by atoms with Crippen molar-refractivity contribution in [2.45, 2.75) is 65.7 Å². The lowest BCUT2D eigenvalue weighted by molar-refractivity contribution is 0.180. The van der Waals surface area contributed by atoms with E-state index in [-0.39, 0.29) is 16.9 Å². The molecule has 40 heavy (non-hydrogen) atoms. The molecule has 1 N–H and O–H groups in total. The molecule has 0 spiro atoms. The zero-order chi connectivity index (χ0) is 28.4. The Morgan fingerprint density at radius 3 is 2.33 bits per heavy atom. The summed E-state index contributed by atoms with van der Waals surface area (Å²) in [7, 11) is 0. The molecule has 8 heteroatoms. The van der Waals surface area contributed by atoms with Crippen LogP contribution in [0.25, 0.3) is 10.9 Å². The number of aromatic amines is 1. The Hall–Kier alpha value is -4.17. The molecule has 0 aliphatic rings. The van der Waals surface area contributed by atoms with Gasteiger partial charge in [-0.15, -0.1) is 5.10 Å². The minimum absolute atomic E-state index is 0.189. The summed E-state index contributed by atoms with van der Waals surface area (Å²) in [6, 6.07) is 22.1. The first-order valence-electron chi connectivity index (χ1n) is 13.6. The summed E-state index contributed by atoms with van der Waals surface area (Å²) in [5.41, 5.74) is 4.92. The Bertz CT molecular complexity index is 1670. The van der Waals surface area contributed by atoms with Gasteiger partial charge in [-0.1, -0.05) is 61.0 Å². The van der Waals surface area contributed by atoms with Crippen molar-refractivity contribution < 1.29 is 4.39 Å². The van der Waals surface area contributed by atoms with E-state index in [1.54, 1.807) is 12.1 Å². The Morgan fingerprint density at radius 2 is 1.65 bits per heavy atom. The van der Waals surface area contributed by atoms with Crippen LogP contribution in [0.1, 0.15) is 66.9 Å². The van der Waals surface area contributed by atoms with Crippen LogP contribution >= 0.6 is 0 Å². The lowest BCUT2D eigenvalue weighted by atomic mass is 9.97. The number of nitrogens with one attached hydrogen (secondary N) is 1. The van der Waals surface area contributed by atoms with Gasteiger partial charge in [0, 0.05) is 18.7 Å². The number of fused-ring (bicyclic) bond motifs is 1. The zero-order valence-electron chi connectivity index (χ0n) is 23.6. The largest absolute Gasteiger partial charge is 0.321 e. The molecule has 5 aromatic rings. The van der Waals surface area contributed by atoms with Gasteiger partial charge in [0.25, 0.3) is 5.56 Å². The van der Waals surface area contributed by atoms with Crippen LogP contribution in [0.2, 0.25) is 0 Å². The predicted octanol–water partition coefficient (Wildman–Crippen LogP) is 6.21. The smallest absolute Gasteiger partial charge is 0.253 e. The van der Waals surface area contributed by atoms with Crippen LogP contribution in [0.5, 0.6) is 0 Å². The molecule has 0 aliphatic heterocycles. The van der Waals surface area contributed by atoms with E-state index in [2.05, 4.69) is 77.4 Å². The van der Waals surface area contributed by atoms with Gasteiger partial charge in [-0.2, -0.15) is 0 Å². The van der Waals surface area contributed by atoms with Crippen molar-refractivity contribution in [2.75, 3.05) is 0 Å². The molecule has 0 saturated heterocycles. The molecule has 3 aromatic carbocycles. The van der Waals surface area contributed by atoms with Gasteiger partial charge in [-0.05, 0) is 90.9 Å². The second kappa shape index (κ2) is 11.1. The molecule has 0 saturated carbocycles. The van der Waals surface area contributed by atoms with Gasteiger partial charge in [-0.3, -0.25) is 9.69 Å². The van der Waals surface area contributed by atoms with Crippen LogP contribution in [0.4, 0.5) is 4.39 Å². The van der Waals surface area contributed by atoms with Crippen molar-refractivity contribution >= 4 is 10.9 Å². The third-order valence-electron chi connectivity index (χ3n) is 7.69. The van der Waals surface area contributed by atoms with Gasteiger partial charge in [-0.25, -0.2) is 9.07 Å². The summed E-state index contributed by atoms with van der Waals surface area (Å²) >= 11 is 0. The molecule has 0 unspecified atom stereocenters. The molecule has 5 rings (SSSR count). The average Bonchev–Trinajstić information content (AvgIpc) is 3.42. The fraction of sp³-hybridized carbons (Fsp3) is 0.312. The van der Waals surface area contributed by atoms with Crippen LogP contribution in [-0.2, 0) is 18.6 Å². The van der Waals surface area contributed by atoms with Crippen LogP contribution in [-0.4, -0.2) is 30.1 Å². The highest BCUT2D eigenvalue weighted by molar-refractivity contribution is 5.83. The third kappa shape index (κ3) is 5.58. The van der Waals surface area contributed by atoms with E-state index in [4.69, 9.17) is 0 Å². The van der Waals surface area contributed by atoms with Crippen LogP contribution in [0.15, 0.2) is 77.6 Å². The van der Waals surface area contributed by atoms with Crippen LogP contribution < -0.4 is 5.56 Å². The van der Waals surface area contributed by atoms with Gasteiger partial charge in [0.2, 0.25) is 0 Å².